The summed E-state index contributed by atoms with van der Waals surface area (Å²) in [6.45, 7) is 6.69. The Bertz CT molecular complexity index is 221. The van der Waals surface area contributed by atoms with Gasteiger partial charge in [-0.05, 0) is 13.8 Å². The number of amides is 1. The van der Waals surface area contributed by atoms with Crippen LogP contribution < -0.4 is 0 Å². The first-order valence-electron chi connectivity index (χ1n) is 4.82. The van der Waals surface area contributed by atoms with Gasteiger partial charge in [0.15, 0.2) is 0 Å². The van der Waals surface area contributed by atoms with Gasteiger partial charge in [-0.25, -0.2) is 4.79 Å². The molecule has 0 rings (SSSR count). The van der Waals surface area contributed by atoms with E-state index in [1.54, 1.807) is 11.8 Å². The van der Waals surface area contributed by atoms with Gasteiger partial charge in [0.25, 0.3) is 5.24 Å². The number of rotatable bonds is 5. The molecule has 0 heterocycles. The Kier molecular flexibility index (Phi) is 7.11. The third-order valence-corrected chi connectivity index (χ3v) is 2.89. The molecule has 0 bridgehead atoms. The topological polar surface area (TPSA) is 46.6 Å². The molecule has 1 unspecified atom stereocenters. The maximum Gasteiger partial charge on any atom is 0.349 e. The van der Waals surface area contributed by atoms with Crippen LogP contribution in [0.3, 0.4) is 0 Å². The Morgan fingerprint density at radius 1 is 1.40 bits per heavy atom. The summed E-state index contributed by atoms with van der Waals surface area (Å²) in [6, 6.07) is 0. The quantitative estimate of drug-likeness (QED) is 0.736. The molecule has 0 aromatic heterocycles. The Balaban J connectivity index is 4.00. The molecule has 15 heavy (non-hydrogen) atoms. The molecular weight excluding hydrogens is 221 g/mol. The minimum atomic E-state index is -0.942. The van der Waals surface area contributed by atoms with Gasteiger partial charge < -0.3 is 4.90 Å². The summed E-state index contributed by atoms with van der Waals surface area (Å²) in [4.78, 5) is 26.8. The van der Waals surface area contributed by atoms with Crippen LogP contribution in [0.15, 0.2) is 0 Å². The van der Waals surface area contributed by atoms with Crippen LogP contribution in [0.2, 0.25) is 0 Å². The Morgan fingerprint density at radius 3 is 2.33 bits per heavy atom. The average molecular weight is 237 g/mol. The van der Waals surface area contributed by atoms with Crippen LogP contribution >= 0.6 is 11.8 Å². The maximum absolute atomic E-state index is 11.5. The molecule has 0 radical (unpaired) electrons. The highest BCUT2D eigenvalue weighted by Crippen LogP contribution is 2.18. The van der Waals surface area contributed by atoms with E-state index in [0.717, 1.165) is 11.8 Å². The highest BCUT2D eigenvalue weighted by atomic mass is 32.2. The molecule has 0 aliphatic rings. The fourth-order valence-electron chi connectivity index (χ4n) is 1.04. The molecule has 0 fully saturated rings. The molecule has 6 heteroatoms. The normalized spacial score (nSPS) is 12.0. The van der Waals surface area contributed by atoms with Gasteiger partial charge in [-0.1, -0.05) is 18.7 Å². The second-order valence-electron chi connectivity index (χ2n) is 3.02. The van der Waals surface area contributed by atoms with Crippen molar-refractivity contribution in [2.45, 2.75) is 32.4 Å². The van der Waals surface area contributed by atoms with Crippen molar-refractivity contribution in [1.82, 2.24) is 4.90 Å². The molecule has 0 aliphatic carbocycles. The molecule has 1 amide bonds. The van der Waals surface area contributed by atoms with Crippen molar-refractivity contribution in [3.63, 3.8) is 0 Å². The van der Waals surface area contributed by atoms with Crippen LogP contribution in [0.4, 0.5) is 9.32 Å². The number of hydrogen-bond donors (Lipinski definition) is 0. The van der Waals surface area contributed by atoms with Crippen molar-refractivity contribution in [1.29, 1.82) is 0 Å². The second kappa shape index (κ2) is 7.50. The third kappa shape index (κ3) is 5.61. The van der Waals surface area contributed by atoms with E-state index in [4.69, 9.17) is 0 Å². The van der Waals surface area contributed by atoms with E-state index in [1.165, 1.54) is 0 Å². The van der Waals surface area contributed by atoms with Gasteiger partial charge >= 0.3 is 5.97 Å². The summed E-state index contributed by atoms with van der Waals surface area (Å²) in [6.07, 6.45) is -0.103. The van der Waals surface area contributed by atoms with Crippen molar-refractivity contribution in [3.05, 3.63) is 0 Å². The average Bonchev–Trinajstić information content (AvgIpc) is 2.19. The summed E-state index contributed by atoms with van der Waals surface area (Å²) < 4.78 is 11.4. The number of halogens is 1. The molecule has 1 atom stereocenters. The fourth-order valence-corrected chi connectivity index (χ4v) is 2.01. The fraction of sp³-hybridized carbons (Fsp3) is 0.778. The Hall–Kier alpha value is -0.780. The van der Waals surface area contributed by atoms with E-state index in [2.05, 4.69) is 4.94 Å². The van der Waals surface area contributed by atoms with Crippen molar-refractivity contribution >= 4 is 23.0 Å². The monoisotopic (exact) mass is 237 g/mol. The van der Waals surface area contributed by atoms with E-state index >= 15 is 0 Å². The van der Waals surface area contributed by atoms with Gasteiger partial charge in [0.2, 0.25) is 0 Å². The minimum absolute atomic E-state index is 0.0980. The van der Waals surface area contributed by atoms with Crippen LogP contribution in [0.5, 0.6) is 0 Å². The standard InChI is InChI=1S/C9H16FNO3S/c1-4-11(5-2)9(13)15-7(3)6-8(12)14-10/h7H,4-6H2,1-3H3. The lowest BCUT2D eigenvalue weighted by atomic mass is 10.3. The predicted octanol–water partition coefficient (Wildman–Crippen LogP) is 2.39. The van der Waals surface area contributed by atoms with Crippen molar-refractivity contribution in [2.24, 2.45) is 0 Å². The lowest BCUT2D eigenvalue weighted by Crippen LogP contribution is -2.28. The van der Waals surface area contributed by atoms with E-state index in [9.17, 15) is 14.1 Å². The summed E-state index contributed by atoms with van der Waals surface area (Å²) >= 11 is 1.02. The zero-order valence-corrected chi connectivity index (χ0v) is 9.97. The zero-order valence-electron chi connectivity index (χ0n) is 9.16. The van der Waals surface area contributed by atoms with Gasteiger partial charge in [-0.3, -0.25) is 9.74 Å². The SMILES string of the molecule is CCN(CC)C(=O)SC(C)CC(=O)OF. The van der Waals surface area contributed by atoms with Crippen LogP contribution in [0.25, 0.3) is 0 Å². The maximum atomic E-state index is 11.5. The lowest BCUT2D eigenvalue weighted by Gasteiger charge is -2.19. The molecule has 0 N–H and O–H groups in total. The van der Waals surface area contributed by atoms with Crippen LogP contribution in [-0.4, -0.2) is 34.4 Å². The summed E-state index contributed by atoms with van der Waals surface area (Å²) in [5.74, 6) is -0.942. The van der Waals surface area contributed by atoms with Gasteiger partial charge in [0.1, 0.15) is 0 Å². The molecule has 4 nitrogen and oxygen atoms in total. The molecule has 0 spiro atoms. The lowest BCUT2D eigenvalue weighted by molar-refractivity contribution is -0.183. The minimum Gasteiger partial charge on any atom is -0.334 e. The zero-order chi connectivity index (χ0) is 11.8. The van der Waals surface area contributed by atoms with E-state index in [0.29, 0.717) is 13.1 Å². The largest absolute Gasteiger partial charge is 0.349 e. The smallest absolute Gasteiger partial charge is 0.334 e. The van der Waals surface area contributed by atoms with E-state index < -0.39 is 5.97 Å². The number of nitrogens with zero attached hydrogens (tertiary/aromatic N) is 1. The second-order valence-corrected chi connectivity index (χ2v) is 4.41. The molecular formula is C9H16FNO3S. The summed E-state index contributed by atoms with van der Waals surface area (Å²) in [5, 5.41) is -0.375. The molecule has 0 aliphatic heterocycles. The van der Waals surface area contributed by atoms with Crippen molar-refractivity contribution < 1.29 is 19.1 Å². The molecule has 0 aromatic carbocycles. The van der Waals surface area contributed by atoms with E-state index in [-0.39, 0.29) is 16.9 Å². The first kappa shape index (κ1) is 14.2. The highest BCUT2D eigenvalue weighted by Gasteiger charge is 2.18. The highest BCUT2D eigenvalue weighted by molar-refractivity contribution is 8.14. The van der Waals surface area contributed by atoms with Crippen LogP contribution in [-0.2, 0) is 9.74 Å². The summed E-state index contributed by atoms with van der Waals surface area (Å²) in [5.41, 5.74) is 0. The Morgan fingerprint density at radius 2 is 1.93 bits per heavy atom. The number of hydrogen-bond acceptors (Lipinski definition) is 4. The van der Waals surface area contributed by atoms with Gasteiger partial charge in [-0.2, -0.15) is 0 Å². The van der Waals surface area contributed by atoms with Crippen LogP contribution in [0, 0.1) is 0 Å². The Labute approximate surface area is 93.0 Å². The number of carbonyl (C=O) groups is 2. The number of thioether (sulfide) groups is 1. The van der Waals surface area contributed by atoms with Crippen molar-refractivity contribution in [2.75, 3.05) is 13.1 Å². The van der Waals surface area contributed by atoms with Gasteiger partial charge in [0.05, 0.1) is 6.42 Å². The first-order valence-corrected chi connectivity index (χ1v) is 5.70. The van der Waals surface area contributed by atoms with Crippen LogP contribution in [0.1, 0.15) is 27.2 Å². The molecule has 88 valence electrons. The summed E-state index contributed by atoms with van der Waals surface area (Å²) in [7, 11) is 0. The third-order valence-electron chi connectivity index (χ3n) is 1.86. The first-order chi connectivity index (χ1) is 7.04. The van der Waals surface area contributed by atoms with Gasteiger partial charge in [-0.15, -0.1) is 0 Å². The molecule has 0 aromatic rings. The number of carbonyl (C=O) groups excluding carboxylic acids is 2. The predicted molar refractivity (Wildman–Crippen MR) is 57.2 cm³/mol. The van der Waals surface area contributed by atoms with Crippen molar-refractivity contribution in [3.8, 4) is 0 Å². The molecule has 0 saturated carbocycles. The molecule has 0 saturated heterocycles. The van der Waals surface area contributed by atoms with E-state index in [1.807, 2.05) is 13.8 Å². The van der Waals surface area contributed by atoms with Gasteiger partial charge in [0, 0.05) is 22.9 Å².